The lowest BCUT2D eigenvalue weighted by Crippen LogP contribution is -2.38. The van der Waals surface area contributed by atoms with E-state index in [0.717, 1.165) is 26.1 Å². The van der Waals surface area contributed by atoms with E-state index in [9.17, 15) is 0 Å². The molecule has 0 amide bonds. The molecule has 0 N–H and O–H groups in total. The third kappa shape index (κ3) is 2.51. The van der Waals surface area contributed by atoms with Gasteiger partial charge in [0.2, 0.25) is 0 Å². The first-order valence-corrected chi connectivity index (χ1v) is 6.24. The van der Waals surface area contributed by atoms with Crippen molar-refractivity contribution in [2.45, 2.75) is 31.2 Å². The van der Waals surface area contributed by atoms with Gasteiger partial charge < -0.3 is 14.2 Å². The first-order chi connectivity index (χ1) is 8.36. The van der Waals surface area contributed by atoms with Crippen molar-refractivity contribution in [2.75, 3.05) is 19.8 Å². The minimum Gasteiger partial charge on any atom is -0.376 e. The first kappa shape index (κ1) is 11.2. The largest absolute Gasteiger partial charge is 0.376 e. The van der Waals surface area contributed by atoms with Gasteiger partial charge in [0.05, 0.1) is 31.5 Å². The fourth-order valence-corrected chi connectivity index (χ4v) is 2.60. The smallest absolute Gasteiger partial charge is 0.0963 e. The molecule has 1 aromatic rings. The van der Waals surface area contributed by atoms with Gasteiger partial charge in [-0.15, -0.1) is 0 Å². The van der Waals surface area contributed by atoms with Crippen molar-refractivity contribution in [3.8, 4) is 0 Å². The molecule has 2 bridgehead atoms. The molecular weight excluding hydrogens is 216 g/mol. The van der Waals surface area contributed by atoms with E-state index < -0.39 is 0 Å². The summed E-state index contributed by atoms with van der Waals surface area (Å²) in [6, 6.07) is 10.3. The molecule has 0 aliphatic carbocycles. The van der Waals surface area contributed by atoms with Crippen LogP contribution in [-0.2, 0) is 20.8 Å². The molecule has 2 fully saturated rings. The maximum atomic E-state index is 5.85. The molecule has 2 aliphatic rings. The maximum absolute atomic E-state index is 5.85. The number of fused-ring (bicyclic) bond motifs is 2. The second-order valence-electron chi connectivity index (χ2n) is 4.92. The van der Waals surface area contributed by atoms with Crippen LogP contribution >= 0.6 is 0 Å². The standard InChI is InChI=1S/C14H18O3/c1-2-4-12(5-3-1)9-15-11-14-6-7-16-13(8-14)10-17-14/h1-5,13H,6-11H2/t13-,14-/m0/s1. The van der Waals surface area contributed by atoms with Crippen LogP contribution in [0.1, 0.15) is 18.4 Å². The minimum atomic E-state index is -0.0717. The van der Waals surface area contributed by atoms with Crippen LogP contribution < -0.4 is 0 Å². The summed E-state index contributed by atoms with van der Waals surface area (Å²) in [7, 11) is 0. The summed E-state index contributed by atoms with van der Waals surface area (Å²) in [5, 5.41) is 0. The molecule has 2 saturated heterocycles. The molecule has 0 unspecified atom stereocenters. The average molecular weight is 234 g/mol. The highest BCUT2D eigenvalue weighted by Gasteiger charge is 2.44. The minimum absolute atomic E-state index is 0.0717. The maximum Gasteiger partial charge on any atom is 0.0963 e. The Hall–Kier alpha value is -0.900. The zero-order chi connectivity index (χ0) is 11.6. The predicted octanol–water partition coefficient (Wildman–Crippen LogP) is 2.15. The molecule has 1 aromatic carbocycles. The van der Waals surface area contributed by atoms with Gasteiger partial charge in [-0.25, -0.2) is 0 Å². The Kier molecular flexibility index (Phi) is 3.14. The summed E-state index contributed by atoms with van der Waals surface area (Å²) in [6.07, 6.45) is 2.24. The van der Waals surface area contributed by atoms with Crippen LogP contribution in [0.3, 0.4) is 0 Å². The normalized spacial score (nSPS) is 31.6. The lowest BCUT2D eigenvalue weighted by Gasteiger charge is -2.31. The topological polar surface area (TPSA) is 27.7 Å². The lowest BCUT2D eigenvalue weighted by molar-refractivity contribution is -0.0839. The number of benzene rings is 1. The Labute approximate surface area is 102 Å². The average Bonchev–Trinajstić information content (AvgIpc) is 2.66. The van der Waals surface area contributed by atoms with Crippen LogP contribution in [0.25, 0.3) is 0 Å². The van der Waals surface area contributed by atoms with Crippen molar-refractivity contribution in [2.24, 2.45) is 0 Å². The van der Waals surface area contributed by atoms with E-state index in [4.69, 9.17) is 14.2 Å². The zero-order valence-corrected chi connectivity index (χ0v) is 9.93. The number of ether oxygens (including phenoxy) is 3. The Morgan fingerprint density at radius 1 is 1.29 bits per heavy atom. The highest BCUT2D eigenvalue weighted by molar-refractivity contribution is 5.13. The van der Waals surface area contributed by atoms with Crippen LogP contribution in [0, 0.1) is 0 Å². The molecule has 2 aliphatic heterocycles. The van der Waals surface area contributed by atoms with E-state index >= 15 is 0 Å². The van der Waals surface area contributed by atoms with E-state index in [0.29, 0.717) is 19.3 Å². The molecule has 17 heavy (non-hydrogen) atoms. The van der Waals surface area contributed by atoms with Crippen molar-refractivity contribution < 1.29 is 14.2 Å². The fraction of sp³-hybridized carbons (Fsp3) is 0.571. The number of hydrogen-bond acceptors (Lipinski definition) is 3. The fourth-order valence-electron chi connectivity index (χ4n) is 2.60. The van der Waals surface area contributed by atoms with Crippen molar-refractivity contribution >= 4 is 0 Å². The van der Waals surface area contributed by atoms with Gasteiger partial charge in [-0.1, -0.05) is 30.3 Å². The number of rotatable bonds is 4. The SMILES string of the molecule is c1ccc(COC[C@@]23CCO[C@H](CO2)C3)cc1. The molecular formula is C14H18O3. The van der Waals surface area contributed by atoms with Crippen LogP contribution in [0.2, 0.25) is 0 Å². The van der Waals surface area contributed by atoms with E-state index in [1.54, 1.807) is 0 Å². The van der Waals surface area contributed by atoms with Crippen LogP contribution in [0.5, 0.6) is 0 Å². The quantitative estimate of drug-likeness (QED) is 0.799. The summed E-state index contributed by atoms with van der Waals surface area (Å²) >= 11 is 0. The first-order valence-electron chi connectivity index (χ1n) is 6.24. The summed E-state index contributed by atoms with van der Waals surface area (Å²) in [6.45, 7) is 2.88. The van der Waals surface area contributed by atoms with Crippen molar-refractivity contribution in [1.82, 2.24) is 0 Å². The van der Waals surface area contributed by atoms with Gasteiger partial charge in [-0.05, 0) is 5.56 Å². The summed E-state index contributed by atoms with van der Waals surface area (Å²) < 4.78 is 17.2. The zero-order valence-electron chi connectivity index (χ0n) is 9.93. The van der Waals surface area contributed by atoms with Gasteiger partial charge >= 0.3 is 0 Å². The molecule has 0 radical (unpaired) electrons. The highest BCUT2D eigenvalue weighted by Crippen LogP contribution is 2.35. The van der Waals surface area contributed by atoms with Crippen molar-refractivity contribution in [1.29, 1.82) is 0 Å². The highest BCUT2D eigenvalue weighted by atomic mass is 16.6. The van der Waals surface area contributed by atoms with Gasteiger partial charge in [0.25, 0.3) is 0 Å². The Morgan fingerprint density at radius 3 is 3.06 bits per heavy atom. The summed E-state index contributed by atoms with van der Waals surface area (Å²) in [4.78, 5) is 0. The molecule has 2 heterocycles. The second-order valence-corrected chi connectivity index (χ2v) is 4.92. The van der Waals surface area contributed by atoms with Crippen molar-refractivity contribution in [3.63, 3.8) is 0 Å². The van der Waals surface area contributed by atoms with Gasteiger partial charge in [0.15, 0.2) is 0 Å². The Morgan fingerprint density at radius 2 is 2.18 bits per heavy atom. The van der Waals surface area contributed by atoms with Gasteiger partial charge in [-0.2, -0.15) is 0 Å². The summed E-state index contributed by atoms with van der Waals surface area (Å²) in [5.74, 6) is 0. The van der Waals surface area contributed by atoms with Gasteiger partial charge in [0.1, 0.15) is 0 Å². The van der Waals surface area contributed by atoms with E-state index in [-0.39, 0.29) is 5.60 Å². The Bertz CT molecular complexity index is 361. The van der Waals surface area contributed by atoms with Gasteiger partial charge in [0, 0.05) is 19.4 Å². The monoisotopic (exact) mass is 234 g/mol. The molecule has 0 aromatic heterocycles. The molecule has 0 saturated carbocycles. The van der Waals surface area contributed by atoms with Gasteiger partial charge in [-0.3, -0.25) is 0 Å². The van der Waals surface area contributed by atoms with Crippen LogP contribution in [0.4, 0.5) is 0 Å². The molecule has 3 rings (SSSR count). The molecule has 3 nitrogen and oxygen atoms in total. The molecule has 2 atom stereocenters. The third-order valence-electron chi connectivity index (χ3n) is 3.56. The summed E-state index contributed by atoms with van der Waals surface area (Å²) in [5.41, 5.74) is 1.14. The molecule has 3 heteroatoms. The van der Waals surface area contributed by atoms with E-state index in [2.05, 4.69) is 12.1 Å². The molecule has 92 valence electrons. The van der Waals surface area contributed by atoms with E-state index in [1.165, 1.54) is 5.56 Å². The molecule has 0 spiro atoms. The van der Waals surface area contributed by atoms with Crippen LogP contribution in [0.15, 0.2) is 30.3 Å². The second kappa shape index (κ2) is 4.77. The van der Waals surface area contributed by atoms with E-state index in [1.807, 2.05) is 18.2 Å². The number of hydrogen-bond donors (Lipinski definition) is 0. The van der Waals surface area contributed by atoms with Crippen LogP contribution in [-0.4, -0.2) is 31.5 Å². The lowest BCUT2D eigenvalue weighted by atomic mass is 9.94. The van der Waals surface area contributed by atoms with Crippen molar-refractivity contribution in [3.05, 3.63) is 35.9 Å². The Balaban J connectivity index is 1.51. The predicted molar refractivity (Wildman–Crippen MR) is 63.8 cm³/mol. The third-order valence-corrected chi connectivity index (χ3v) is 3.56.